The first kappa shape index (κ1) is 15.3. The largest absolute Gasteiger partial charge is 0.491 e. The number of aliphatic hydroxyl groups is 1. The molecule has 112 valence electrons. The molecule has 1 saturated carbocycles. The smallest absolute Gasteiger partial charge is 0.119 e. The molecule has 2 N–H and O–H groups in total. The first-order chi connectivity index (χ1) is 9.67. The summed E-state index contributed by atoms with van der Waals surface area (Å²) in [5, 5.41) is 13.4. The Morgan fingerprint density at radius 3 is 2.65 bits per heavy atom. The molecule has 0 spiro atoms. The van der Waals surface area contributed by atoms with Gasteiger partial charge in [0.15, 0.2) is 0 Å². The number of benzene rings is 1. The van der Waals surface area contributed by atoms with Crippen LogP contribution in [0.2, 0.25) is 0 Å². The molecule has 2 rings (SSSR count). The van der Waals surface area contributed by atoms with Crippen LogP contribution in [0.25, 0.3) is 0 Å². The van der Waals surface area contributed by atoms with Crippen LogP contribution >= 0.6 is 0 Å². The van der Waals surface area contributed by atoms with Gasteiger partial charge in [-0.1, -0.05) is 26.0 Å². The van der Waals surface area contributed by atoms with Crippen LogP contribution in [0.3, 0.4) is 0 Å². The van der Waals surface area contributed by atoms with E-state index in [-0.39, 0.29) is 0 Å². The van der Waals surface area contributed by atoms with Crippen molar-refractivity contribution in [2.75, 3.05) is 13.2 Å². The quantitative estimate of drug-likeness (QED) is 0.805. The van der Waals surface area contributed by atoms with Crippen LogP contribution in [-0.4, -0.2) is 30.4 Å². The summed E-state index contributed by atoms with van der Waals surface area (Å²) in [5.74, 6) is 1.65. The molecule has 1 aromatic carbocycles. The van der Waals surface area contributed by atoms with Gasteiger partial charge in [-0.05, 0) is 49.3 Å². The average molecular weight is 277 g/mol. The van der Waals surface area contributed by atoms with Gasteiger partial charge < -0.3 is 15.2 Å². The minimum atomic E-state index is -0.447. The summed E-state index contributed by atoms with van der Waals surface area (Å²) in [5.41, 5.74) is 1.30. The normalized spacial score (nSPS) is 23.8. The molecule has 0 aromatic heterocycles. The van der Waals surface area contributed by atoms with E-state index in [1.807, 2.05) is 12.1 Å². The molecule has 0 radical (unpaired) electrons. The summed E-state index contributed by atoms with van der Waals surface area (Å²) in [6.07, 6.45) is 4.34. The molecular formula is C17H27NO2. The Kier molecular flexibility index (Phi) is 5.86. The summed E-state index contributed by atoms with van der Waals surface area (Å²) in [6, 6.07) is 8.65. The van der Waals surface area contributed by atoms with Crippen molar-refractivity contribution in [1.82, 2.24) is 5.32 Å². The van der Waals surface area contributed by atoms with E-state index in [1.165, 1.54) is 24.8 Å². The highest BCUT2D eigenvalue weighted by Gasteiger charge is 2.21. The van der Waals surface area contributed by atoms with Gasteiger partial charge in [0.25, 0.3) is 0 Å². The zero-order valence-corrected chi connectivity index (χ0v) is 12.6. The molecule has 1 aliphatic carbocycles. The first-order valence-corrected chi connectivity index (χ1v) is 7.80. The summed E-state index contributed by atoms with van der Waals surface area (Å²) < 4.78 is 5.61. The van der Waals surface area contributed by atoms with Gasteiger partial charge in [0, 0.05) is 12.6 Å². The minimum Gasteiger partial charge on any atom is -0.491 e. The maximum Gasteiger partial charge on any atom is 0.119 e. The fraction of sp³-hybridized carbons (Fsp3) is 0.647. The Morgan fingerprint density at radius 1 is 1.30 bits per heavy atom. The van der Waals surface area contributed by atoms with Crippen LogP contribution in [0, 0.1) is 5.92 Å². The zero-order chi connectivity index (χ0) is 14.4. The Labute approximate surface area is 122 Å². The number of rotatable bonds is 7. The Hall–Kier alpha value is -1.06. The van der Waals surface area contributed by atoms with Crippen molar-refractivity contribution in [3.05, 3.63) is 29.8 Å². The monoisotopic (exact) mass is 277 g/mol. The second-order valence-electron chi connectivity index (χ2n) is 5.99. The lowest BCUT2D eigenvalue weighted by molar-refractivity contribution is 0.103. The van der Waals surface area contributed by atoms with E-state index < -0.39 is 6.10 Å². The first-order valence-electron chi connectivity index (χ1n) is 7.80. The van der Waals surface area contributed by atoms with Crippen LogP contribution < -0.4 is 10.1 Å². The molecule has 3 unspecified atom stereocenters. The fourth-order valence-electron chi connectivity index (χ4n) is 2.77. The van der Waals surface area contributed by atoms with Crippen LogP contribution in [0.5, 0.6) is 5.75 Å². The second-order valence-corrected chi connectivity index (χ2v) is 5.99. The summed E-state index contributed by atoms with van der Waals surface area (Å²) in [6.45, 7) is 5.39. The number of ether oxygens (including phenoxy) is 1. The standard InChI is InChI=1S/C17H27NO2/c1-3-14-5-8-17(9-6-14)20-12-16(19)11-18-15-7-4-13(2)10-15/h5-6,8-9,13,15-16,18-19H,3-4,7,10-12H2,1-2H3. The van der Waals surface area contributed by atoms with Crippen molar-refractivity contribution in [2.24, 2.45) is 5.92 Å². The van der Waals surface area contributed by atoms with E-state index >= 15 is 0 Å². The number of hydrogen-bond acceptors (Lipinski definition) is 3. The van der Waals surface area contributed by atoms with Crippen LogP contribution in [0.1, 0.15) is 38.7 Å². The van der Waals surface area contributed by atoms with Gasteiger partial charge in [0.2, 0.25) is 0 Å². The third-order valence-corrected chi connectivity index (χ3v) is 4.11. The lowest BCUT2D eigenvalue weighted by Gasteiger charge is -2.17. The van der Waals surface area contributed by atoms with Crippen molar-refractivity contribution < 1.29 is 9.84 Å². The van der Waals surface area contributed by atoms with E-state index in [9.17, 15) is 5.11 Å². The van der Waals surface area contributed by atoms with Gasteiger partial charge in [0.1, 0.15) is 18.5 Å². The Bertz CT molecular complexity index is 390. The molecule has 0 heterocycles. The summed E-state index contributed by atoms with van der Waals surface area (Å²) in [4.78, 5) is 0. The minimum absolute atomic E-state index is 0.348. The highest BCUT2D eigenvalue weighted by atomic mass is 16.5. The van der Waals surface area contributed by atoms with Crippen LogP contribution in [-0.2, 0) is 6.42 Å². The fourth-order valence-corrected chi connectivity index (χ4v) is 2.77. The molecule has 3 heteroatoms. The van der Waals surface area contributed by atoms with Gasteiger partial charge in [0.05, 0.1) is 0 Å². The topological polar surface area (TPSA) is 41.5 Å². The summed E-state index contributed by atoms with van der Waals surface area (Å²) in [7, 11) is 0. The maximum atomic E-state index is 9.95. The third-order valence-electron chi connectivity index (χ3n) is 4.11. The van der Waals surface area contributed by atoms with Crippen LogP contribution in [0.4, 0.5) is 0 Å². The second kappa shape index (κ2) is 7.65. The lowest BCUT2D eigenvalue weighted by Crippen LogP contribution is -2.36. The van der Waals surface area contributed by atoms with E-state index in [2.05, 4.69) is 31.3 Å². The summed E-state index contributed by atoms with van der Waals surface area (Å²) >= 11 is 0. The molecule has 0 saturated heterocycles. The van der Waals surface area contributed by atoms with Crippen molar-refractivity contribution >= 4 is 0 Å². The molecular weight excluding hydrogens is 250 g/mol. The van der Waals surface area contributed by atoms with Gasteiger partial charge in [-0.25, -0.2) is 0 Å². The van der Waals surface area contributed by atoms with E-state index in [0.29, 0.717) is 19.2 Å². The molecule has 3 atom stereocenters. The highest BCUT2D eigenvalue weighted by Crippen LogP contribution is 2.24. The molecule has 20 heavy (non-hydrogen) atoms. The molecule has 1 aliphatic rings. The van der Waals surface area contributed by atoms with Crippen molar-refractivity contribution in [3.63, 3.8) is 0 Å². The Morgan fingerprint density at radius 2 is 2.05 bits per heavy atom. The number of aliphatic hydroxyl groups excluding tert-OH is 1. The third kappa shape index (κ3) is 4.80. The molecule has 0 aliphatic heterocycles. The van der Waals surface area contributed by atoms with Gasteiger partial charge in [-0.2, -0.15) is 0 Å². The van der Waals surface area contributed by atoms with Gasteiger partial charge >= 0.3 is 0 Å². The van der Waals surface area contributed by atoms with Crippen molar-refractivity contribution in [1.29, 1.82) is 0 Å². The zero-order valence-electron chi connectivity index (χ0n) is 12.6. The highest BCUT2D eigenvalue weighted by molar-refractivity contribution is 5.27. The molecule has 1 aromatic rings. The number of aryl methyl sites for hydroxylation is 1. The number of hydrogen-bond donors (Lipinski definition) is 2. The number of nitrogens with one attached hydrogen (secondary N) is 1. The van der Waals surface area contributed by atoms with Crippen molar-refractivity contribution in [2.45, 2.75) is 51.7 Å². The molecule has 0 bridgehead atoms. The molecule has 3 nitrogen and oxygen atoms in total. The molecule has 0 amide bonds. The average Bonchev–Trinajstić information content (AvgIpc) is 2.89. The van der Waals surface area contributed by atoms with E-state index in [0.717, 1.165) is 18.1 Å². The lowest BCUT2D eigenvalue weighted by atomic mass is 10.1. The molecule has 1 fully saturated rings. The predicted octanol–water partition coefficient (Wildman–Crippen LogP) is 2.77. The van der Waals surface area contributed by atoms with E-state index in [4.69, 9.17) is 4.74 Å². The maximum absolute atomic E-state index is 9.95. The van der Waals surface area contributed by atoms with E-state index in [1.54, 1.807) is 0 Å². The Balaban J connectivity index is 1.65. The van der Waals surface area contributed by atoms with Crippen molar-refractivity contribution in [3.8, 4) is 5.75 Å². The van der Waals surface area contributed by atoms with Crippen LogP contribution in [0.15, 0.2) is 24.3 Å². The predicted molar refractivity (Wildman–Crippen MR) is 82.1 cm³/mol. The van der Waals surface area contributed by atoms with Gasteiger partial charge in [-0.3, -0.25) is 0 Å². The van der Waals surface area contributed by atoms with Gasteiger partial charge in [-0.15, -0.1) is 0 Å². The SMILES string of the molecule is CCc1ccc(OCC(O)CNC2CCC(C)C2)cc1.